The summed E-state index contributed by atoms with van der Waals surface area (Å²) in [6.45, 7) is 2.47. The molecule has 5 heteroatoms. The van der Waals surface area contributed by atoms with Gasteiger partial charge in [-0.1, -0.05) is 6.07 Å². The molecule has 3 N–H and O–H groups in total. The van der Waals surface area contributed by atoms with Gasteiger partial charge in [-0.15, -0.1) is 0 Å². The lowest BCUT2D eigenvalue weighted by molar-refractivity contribution is 0.102. The van der Waals surface area contributed by atoms with Crippen LogP contribution in [0.5, 0.6) is 5.88 Å². The Hall–Kier alpha value is -2.40. The van der Waals surface area contributed by atoms with Crippen molar-refractivity contribution in [2.75, 3.05) is 11.9 Å². The molecule has 0 saturated carbocycles. The van der Waals surface area contributed by atoms with E-state index in [1.165, 1.54) is 11.1 Å². The van der Waals surface area contributed by atoms with Gasteiger partial charge >= 0.3 is 0 Å². The van der Waals surface area contributed by atoms with Crippen molar-refractivity contribution in [2.45, 2.75) is 32.2 Å². The number of carbonyl (C=O) groups excluding carboxylic acids is 1. The van der Waals surface area contributed by atoms with Crippen molar-refractivity contribution in [3.63, 3.8) is 0 Å². The molecule has 1 atom stereocenters. The molecule has 1 aliphatic rings. The quantitative estimate of drug-likeness (QED) is 0.909. The second-order valence-corrected chi connectivity index (χ2v) is 5.76. The van der Waals surface area contributed by atoms with Crippen LogP contribution in [0.2, 0.25) is 0 Å². The third kappa shape index (κ3) is 3.68. The maximum Gasteiger partial charge on any atom is 0.255 e. The second-order valence-electron chi connectivity index (χ2n) is 5.76. The summed E-state index contributed by atoms with van der Waals surface area (Å²) in [6.07, 6.45) is 4.39. The van der Waals surface area contributed by atoms with Gasteiger partial charge in [-0.3, -0.25) is 4.79 Å². The minimum atomic E-state index is -0.131. The van der Waals surface area contributed by atoms with E-state index in [1.807, 2.05) is 25.1 Å². The van der Waals surface area contributed by atoms with Crippen molar-refractivity contribution >= 4 is 11.6 Å². The molecule has 1 amide bonds. The monoisotopic (exact) mass is 311 g/mol. The fourth-order valence-electron chi connectivity index (χ4n) is 2.82. The molecular weight excluding hydrogens is 290 g/mol. The number of nitrogens with one attached hydrogen (secondary N) is 1. The summed E-state index contributed by atoms with van der Waals surface area (Å²) < 4.78 is 5.29. The lowest BCUT2D eigenvalue weighted by Gasteiger charge is -2.21. The zero-order valence-electron chi connectivity index (χ0n) is 13.2. The fourth-order valence-corrected chi connectivity index (χ4v) is 2.82. The fraction of sp³-hybridized carbons (Fsp3) is 0.333. The molecule has 23 heavy (non-hydrogen) atoms. The molecule has 0 bridgehead atoms. The molecular formula is C18H21N3O2. The summed E-state index contributed by atoms with van der Waals surface area (Å²) in [7, 11) is 0. The van der Waals surface area contributed by atoms with E-state index in [1.54, 1.807) is 18.3 Å². The molecule has 1 heterocycles. The van der Waals surface area contributed by atoms with E-state index in [0.29, 0.717) is 23.7 Å². The zero-order chi connectivity index (χ0) is 16.2. The molecule has 5 nitrogen and oxygen atoms in total. The van der Waals surface area contributed by atoms with Gasteiger partial charge in [-0.25, -0.2) is 4.98 Å². The molecule has 0 fully saturated rings. The molecule has 1 aliphatic carbocycles. The Kier molecular flexibility index (Phi) is 4.57. The van der Waals surface area contributed by atoms with Gasteiger partial charge in [0, 0.05) is 17.7 Å². The van der Waals surface area contributed by atoms with Crippen molar-refractivity contribution in [3.8, 4) is 5.88 Å². The number of benzene rings is 1. The van der Waals surface area contributed by atoms with Crippen molar-refractivity contribution in [3.05, 3.63) is 53.2 Å². The Labute approximate surface area is 135 Å². The van der Waals surface area contributed by atoms with Gasteiger partial charge < -0.3 is 15.8 Å². The average Bonchev–Trinajstić information content (AvgIpc) is 2.56. The van der Waals surface area contributed by atoms with E-state index in [-0.39, 0.29) is 11.9 Å². The number of ether oxygens (including phenoxy) is 1. The zero-order valence-corrected chi connectivity index (χ0v) is 13.2. The Morgan fingerprint density at radius 3 is 2.96 bits per heavy atom. The molecule has 2 aromatic rings. The number of pyridine rings is 1. The number of carbonyl (C=O) groups is 1. The third-order valence-corrected chi connectivity index (χ3v) is 4.02. The lowest BCUT2D eigenvalue weighted by atomic mass is 9.87. The largest absolute Gasteiger partial charge is 0.478 e. The predicted octanol–water partition coefficient (Wildman–Crippen LogP) is 2.55. The van der Waals surface area contributed by atoms with Crippen molar-refractivity contribution < 1.29 is 9.53 Å². The average molecular weight is 311 g/mol. The van der Waals surface area contributed by atoms with Crippen molar-refractivity contribution in [1.29, 1.82) is 0 Å². The van der Waals surface area contributed by atoms with Crippen LogP contribution in [0.15, 0.2) is 36.5 Å². The molecule has 0 aliphatic heterocycles. The van der Waals surface area contributed by atoms with Gasteiger partial charge in [0.15, 0.2) is 0 Å². The number of aryl methyl sites for hydroxylation is 1. The van der Waals surface area contributed by atoms with Crippen molar-refractivity contribution in [2.24, 2.45) is 5.73 Å². The first-order valence-electron chi connectivity index (χ1n) is 7.93. The molecule has 0 spiro atoms. The minimum absolute atomic E-state index is 0.131. The van der Waals surface area contributed by atoms with Crippen LogP contribution in [0.3, 0.4) is 0 Å². The highest BCUT2D eigenvalue weighted by Crippen LogP contribution is 2.22. The topological polar surface area (TPSA) is 77.2 Å². The summed E-state index contributed by atoms with van der Waals surface area (Å²) in [5, 5.41) is 2.86. The van der Waals surface area contributed by atoms with Gasteiger partial charge in [-0.05, 0) is 55.5 Å². The van der Waals surface area contributed by atoms with E-state index in [2.05, 4.69) is 10.3 Å². The summed E-state index contributed by atoms with van der Waals surface area (Å²) in [5.74, 6) is 0.421. The number of aromatic nitrogens is 1. The highest BCUT2D eigenvalue weighted by molar-refractivity contribution is 6.04. The normalized spacial score (nSPS) is 16.5. The van der Waals surface area contributed by atoms with E-state index in [0.717, 1.165) is 19.3 Å². The number of fused-ring (bicyclic) bond motifs is 1. The number of nitrogens with zero attached hydrogens (tertiary/aromatic N) is 1. The Bertz CT molecular complexity index is 698. The van der Waals surface area contributed by atoms with E-state index in [9.17, 15) is 4.79 Å². The Morgan fingerprint density at radius 2 is 2.22 bits per heavy atom. The van der Waals surface area contributed by atoms with Gasteiger partial charge in [0.05, 0.1) is 18.5 Å². The first kappa shape index (κ1) is 15.5. The molecule has 3 rings (SSSR count). The van der Waals surface area contributed by atoms with Gasteiger partial charge in [0.2, 0.25) is 5.88 Å². The second kappa shape index (κ2) is 6.79. The molecule has 1 unspecified atom stereocenters. The van der Waals surface area contributed by atoms with Crippen LogP contribution >= 0.6 is 0 Å². The maximum absolute atomic E-state index is 12.4. The Balaban J connectivity index is 1.70. The number of amides is 1. The molecule has 1 aromatic heterocycles. The first-order chi connectivity index (χ1) is 11.2. The van der Waals surface area contributed by atoms with Gasteiger partial charge in [-0.2, -0.15) is 0 Å². The van der Waals surface area contributed by atoms with Crippen LogP contribution in [0.4, 0.5) is 5.69 Å². The van der Waals surface area contributed by atoms with E-state index in [4.69, 9.17) is 10.5 Å². The highest BCUT2D eigenvalue weighted by Gasteiger charge is 2.17. The summed E-state index contributed by atoms with van der Waals surface area (Å²) >= 11 is 0. The minimum Gasteiger partial charge on any atom is -0.478 e. The number of anilines is 1. The standard InChI is InChI=1S/C18H21N3O2/c1-2-23-17-8-7-16(11-20-17)21-18(22)14-4-3-13-10-15(19)6-5-12(13)9-14/h3-4,7-9,11,15H,2,5-6,10,19H2,1H3,(H,21,22). The van der Waals surface area contributed by atoms with Crippen molar-refractivity contribution in [1.82, 2.24) is 4.98 Å². The van der Waals surface area contributed by atoms with E-state index < -0.39 is 0 Å². The number of nitrogens with two attached hydrogens (primary N) is 1. The van der Waals surface area contributed by atoms with Crippen LogP contribution in [0.1, 0.15) is 34.8 Å². The van der Waals surface area contributed by atoms with Crippen LogP contribution in [0, 0.1) is 0 Å². The highest BCUT2D eigenvalue weighted by atomic mass is 16.5. The lowest BCUT2D eigenvalue weighted by Crippen LogP contribution is -2.28. The molecule has 120 valence electrons. The van der Waals surface area contributed by atoms with Crippen LogP contribution < -0.4 is 15.8 Å². The Morgan fingerprint density at radius 1 is 1.35 bits per heavy atom. The summed E-state index contributed by atoms with van der Waals surface area (Å²) in [6, 6.07) is 9.60. The smallest absolute Gasteiger partial charge is 0.255 e. The number of hydrogen-bond donors (Lipinski definition) is 2. The number of hydrogen-bond acceptors (Lipinski definition) is 4. The summed E-state index contributed by atoms with van der Waals surface area (Å²) in [4.78, 5) is 16.5. The summed E-state index contributed by atoms with van der Waals surface area (Å²) in [5.41, 5.74) is 9.78. The van der Waals surface area contributed by atoms with Crippen LogP contribution in [0.25, 0.3) is 0 Å². The maximum atomic E-state index is 12.4. The third-order valence-electron chi connectivity index (χ3n) is 4.02. The van der Waals surface area contributed by atoms with Gasteiger partial charge in [0.1, 0.15) is 0 Å². The number of rotatable bonds is 4. The van der Waals surface area contributed by atoms with Crippen LogP contribution in [-0.2, 0) is 12.8 Å². The van der Waals surface area contributed by atoms with Gasteiger partial charge in [0.25, 0.3) is 5.91 Å². The molecule has 1 aromatic carbocycles. The molecule has 0 radical (unpaired) electrons. The van der Waals surface area contributed by atoms with E-state index >= 15 is 0 Å². The SMILES string of the molecule is CCOc1ccc(NC(=O)c2ccc3c(c2)CCC(N)C3)cn1. The first-order valence-corrected chi connectivity index (χ1v) is 7.93. The predicted molar refractivity (Wildman–Crippen MR) is 89.8 cm³/mol. The molecule has 0 saturated heterocycles. The van der Waals surface area contributed by atoms with Crippen LogP contribution in [-0.4, -0.2) is 23.5 Å².